The van der Waals surface area contributed by atoms with E-state index in [-0.39, 0.29) is 11.9 Å². The minimum Gasteiger partial charge on any atom is -0.358 e. The largest absolute Gasteiger partial charge is 0.358 e. The monoisotopic (exact) mass is 321 g/mol. The van der Waals surface area contributed by atoms with E-state index < -0.39 is 0 Å². The van der Waals surface area contributed by atoms with Crippen LogP contribution in [0.25, 0.3) is 0 Å². The molecule has 2 aromatic heterocycles. The molecule has 0 fully saturated rings. The van der Waals surface area contributed by atoms with Gasteiger partial charge in [-0.2, -0.15) is 0 Å². The molecule has 0 aromatic carbocycles. The highest BCUT2D eigenvalue weighted by Crippen LogP contribution is 2.21. The minimum absolute atomic E-state index is 0.0169. The molecule has 1 unspecified atom stereocenters. The highest BCUT2D eigenvalue weighted by molar-refractivity contribution is 7.17. The molecule has 0 bridgehead atoms. The Bertz CT molecular complexity index is 592. The molecule has 0 radical (unpaired) electrons. The second-order valence-electron chi connectivity index (χ2n) is 4.75. The Kier molecular flexibility index (Phi) is 5.52. The zero-order chi connectivity index (χ0) is 15.2. The van der Waals surface area contributed by atoms with Gasteiger partial charge in [0.05, 0.1) is 6.20 Å². The van der Waals surface area contributed by atoms with Crippen molar-refractivity contribution in [3.8, 4) is 0 Å². The van der Waals surface area contributed by atoms with Gasteiger partial charge in [0.15, 0.2) is 5.13 Å². The van der Waals surface area contributed by atoms with Crippen molar-refractivity contribution in [3.63, 3.8) is 0 Å². The quantitative estimate of drug-likeness (QED) is 0.794. The number of thiazole rings is 1. The minimum atomic E-state index is 0.0169. The number of carbonyl (C=O) groups is 1. The number of thiophene rings is 1. The van der Waals surface area contributed by atoms with Crippen molar-refractivity contribution in [1.29, 1.82) is 0 Å². The molecule has 0 aliphatic heterocycles. The molecular weight excluding hydrogens is 302 g/mol. The molecule has 0 aliphatic carbocycles. The first-order valence-electron chi connectivity index (χ1n) is 6.72. The summed E-state index contributed by atoms with van der Waals surface area (Å²) in [4.78, 5) is 20.4. The summed E-state index contributed by atoms with van der Waals surface area (Å²) in [6.07, 6.45) is 4.27. The molecule has 1 amide bonds. The SMILES string of the molecule is C=CCNc1ncc(C(=O)N(C)C(C)Cc2cccs2)s1. The number of aromatic nitrogens is 1. The summed E-state index contributed by atoms with van der Waals surface area (Å²) in [5, 5.41) is 5.90. The van der Waals surface area contributed by atoms with E-state index in [1.807, 2.05) is 13.1 Å². The molecule has 21 heavy (non-hydrogen) atoms. The van der Waals surface area contributed by atoms with E-state index >= 15 is 0 Å². The number of hydrogen-bond donors (Lipinski definition) is 1. The third-order valence-corrected chi connectivity index (χ3v) is 5.01. The van der Waals surface area contributed by atoms with Gasteiger partial charge < -0.3 is 10.2 Å². The van der Waals surface area contributed by atoms with E-state index in [1.165, 1.54) is 16.2 Å². The summed E-state index contributed by atoms with van der Waals surface area (Å²) in [5.41, 5.74) is 0. The maximum atomic E-state index is 12.5. The Hall–Kier alpha value is -1.66. The summed E-state index contributed by atoms with van der Waals surface area (Å²) in [6.45, 7) is 6.35. The summed E-state index contributed by atoms with van der Waals surface area (Å²) >= 11 is 3.10. The van der Waals surface area contributed by atoms with Gasteiger partial charge >= 0.3 is 0 Å². The van der Waals surface area contributed by atoms with Crippen LogP contribution in [0.4, 0.5) is 5.13 Å². The predicted molar refractivity (Wildman–Crippen MR) is 90.4 cm³/mol. The van der Waals surface area contributed by atoms with E-state index in [0.717, 1.165) is 11.6 Å². The van der Waals surface area contributed by atoms with Crippen molar-refractivity contribution in [2.24, 2.45) is 0 Å². The molecule has 0 aliphatic rings. The average Bonchev–Trinajstić information content (AvgIpc) is 3.14. The van der Waals surface area contributed by atoms with Gasteiger partial charge in [0.1, 0.15) is 4.88 Å². The number of anilines is 1. The summed E-state index contributed by atoms with van der Waals surface area (Å²) in [5.74, 6) is 0.0169. The van der Waals surface area contributed by atoms with E-state index in [4.69, 9.17) is 0 Å². The molecule has 0 saturated carbocycles. The summed E-state index contributed by atoms with van der Waals surface area (Å²) in [6, 6.07) is 4.29. The van der Waals surface area contributed by atoms with Gasteiger partial charge in [-0.1, -0.05) is 23.5 Å². The Labute approximate surface area is 133 Å². The van der Waals surface area contributed by atoms with Gasteiger partial charge in [-0.05, 0) is 18.4 Å². The Morgan fingerprint density at radius 2 is 2.43 bits per heavy atom. The molecule has 6 heteroatoms. The summed E-state index contributed by atoms with van der Waals surface area (Å²) in [7, 11) is 1.84. The number of likely N-dealkylation sites (N-methyl/N-ethyl adjacent to an activating group) is 1. The van der Waals surface area contributed by atoms with Crippen molar-refractivity contribution in [3.05, 3.63) is 46.1 Å². The maximum Gasteiger partial charge on any atom is 0.265 e. The normalized spacial score (nSPS) is 11.9. The molecule has 2 aromatic rings. The Balaban J connectivity index is 1.97. The smallest absolute Gasteiger partial charge is 0.265 e. The lowest BCUT2D eigenvalue weighted by Crippen LogP contribution is -2.35. The van der Waals surface area contributed by atoms with Gasteiger partial charge in [-0.3, -0.25) is 4.79 Å². The third-order valence-electron chi connectivity index (χ3n) is 3.17. The van der Waals surface area contributed by atoms with Crippen LogP contribution in [0.15, 0.2) is 36.4 Å². The number of carbonyl (C=O) groups excluding carboxylic acids is 1. The molecule has 0 saturated heterocycles. The van der Waals surface area contributed by atoms with Crippen molar-refractivity contribution >= 4 is 33.7 Å². The third kappa shape index (κ3) is 4.15. The second-order valence-corrected chi connectivity index (χ2v) is 6.81. The zero-order valence-corrected chi connectivity index (χ0v) is 13.8. The Morgan fingerprint density at radius 3 is 3.10 bits per heavy atom. The fourth-order valence-electron chi connectivity index (χ4n) is 1.84. The van der Waals surface area contributed by atoms with Gasteiger partial charge in [0.25, 0.3) is 5.91 Å². The van der Waals surface area contributed by atoms with Crippen LogP contribution in [0.1, 0.15) is 21.5 Å². The first-order chi connectivity index (χ1) is 10.1. The predicted octanol–water partition coefficient (Wildman–Crippen LogP) is 3.51. The first-order valence-corrected chi connectivity index (χ1v) is 8.41. The fourth-order valence-corrected chi connectivity index (χ4v) is 3.48. The van der Waals surface area contributed by atoms with Crippen molar-refractivity contribution < 1.29 is 4.79 Å². The van der Waals surface area contributed by atoms with Crippen LogP contribution in [0, 0.1) is 0 Å². The van der Waals surface area contributed by atoms with Gasteiger partial charge in [0, 0.05) is 30.9 Å². The maximum absolute atomic E-state index is 12.5. The molecular formula is C15H19N3OS2. The van der Waals surface area contributed by atoms with Crippen molar-refractivity contribution in [2.45, 2.75) is 19.4 Å². The van der Waals surface area contributed by atoms with Gasteiger partial charge in [-0.15, -0.1) is 17.9 Å². The lowest BCUT2D eigenvalue weighted by atomic mass is 10.2. The molecule has 2 heterocycles. The van der Waals surface area contributed by atoms with Crippen molar-refractivity contribution in [2.75, 3.05) is 18.9 Å². The van der Waals surface area contributed by atoms with Crippen LogP contribution >= 0.6 is 22.7 Å². The molecule has 112 valence electrons. The molecule has 0 spiro atoms. The Morgan fingerprint density at radius 1 is 1.62 bits per heavy atom. The van der Waals surface area contributed by atoms with E-state index in [2.05, 4.69) is 35.2 Å². The van der Waals surface area contributed by atoms with Gasteiger partial charge in [-0.25, -0.2) is 4.98 Å². The van der Waals surface area contributed by atoms with Crippen LogP contribution in [-0.4, -0.2) is 35.4 Å². The highest BCUT2D eigenvalue weighted by atomic mass is 32.1. The van der Waals surface area contributed by atoms with Gasteiger partial charge in [0.2, 0.25) is 0 Å². The molecule has 1 N–H and O–H groups in total. The second kappa shape index (κ2) is 7.38. The number of rotatable bonds is 7. The number of hydrogen-bond acceptors (Lipinski definition) is 5. The fraction of sp³-hybridized carbons (Fsp3) is 0.333. The number of amides is 1. The van der Waals surface area contributed by atoms with E-state index in [1.54, 1.807) is 28.5 Å². The molecule has 1 atom stereocenters. The van der Waals surface area contributed by atoms with Crippen LogP contribution in [0.2, 0.25) is 0 Å². The zero-order valence-electron chi connectivity index (χ0n) is 12.2. The number of nitrogens with zero attached hydrogens (tertiary/aromatic N) is 2. The lowest BCUT2D eigenvalue weighted by Gasteiger charge is -2.23. The van der Waals surface area contributed by atoms with Crippen LogP contribution < -0.4 is 5.32 Å². The number of nitrogens with one attached hydrogen (secondary N) is 1. The van der Waals surface area contributed by atoms with E-state index in [9.17, 15) is 4.79 Å². The van der Waals surface area contributed by atoms with Crippen LogP contribution in [0.5, 0.6) is 0 Å². The topological polar surface area (TPSA) is 45.2 Å². The average molecular weight is 321 g/mol. The molecule has 4 nitrogen and oxygen atoms in total. The van der Waals surface area contributed by atoms with Crippen LogP contribution in [0.3, 0.4) is 0 Å². The highest BCUT2D eigenvalue weighted by Gasteiger charge is 2.20. The standard InChI is InChI=1S/C15H19N3OS2/c1-4-7-16-15-17-10-13(21-15)14(19)18(3)11(2)9-12-6-5-8-20-12/h4-6,8,10-11H,1,7,9H2,2-3H3,(H,16,17). The summed E-state index contributed by atoms with van der Waals surface area (Å²) < 4.78 is 0. The first kappa shape index (κ1) is 15.7. The lowest BCUT2D eigenvalue weighted by molar-refractivity contribution is 0.0748. The van der Waals surface area contributed by atoms with Crippen molar-refractivity contribution in [1.82, 2.24) is 9.88 Å². The molecule has 2 rings (SSSR count). The van der Waals surface area contributed by atoms with Crippen LogP contribution in [-0.2, 0) is 6.42 Å². The van der Waals surface area contributed by atoms with E-state index in [0.29, 0.717) is 11.4 Å².